The molecule has 1 fully saturated rings. The molecule has 3 rings (SSSR count). The second kappa shape index (κ2) is 8.81. The van der Waals surface area contributed by atoms with Gasteiger partial charge in [0.2, 0.25) is 5.88 Å². The van der Waals surface area contributed by atoms with E-state index in [0.717, 1.165) is 11.1 Å². The van der Waals surface area contributed by atoms with Crippen LogP contribution in [0.4, 0.5) is 13.2 Å². The first-order valence-electron chi connectivity index (χ1n) is 8.83. The van der Waals surface area contributed by atoms with Crippen LogP contribution >= 0.6 is 0 Å². The number of halogens is 3. The number of aliphatic imine (C=N–C) groups is 1. The number of ether oxygens (including phenoxy) is 2. The largest absolute Gasteiger partial charge is 0.573 e. The Balaban J connectivity index is 1.46. The van der Waals surface area contributed by atoms with Gasteiger partial charge < -0.3 is 20.5 Å². The van der Waals surface area contributed by atoms with Crippen LogP contribution < -0.4 is 20.5 Å². The highest BCUT2D eigenvalue weighted by Crippen LogP contribution is 2.29. The molecular formula is C19H21F3N4O2. The van der Waals surface area contributed by atoms with Gasteiger partial charge >= 0.3 is 6.36 Å². The quantitative estimate of drug-likeness (QED) is 0.530. The molecule has 0 unspecified atom stereocenters. The Morgan fingerprint density at radius 1 is 1.18 bits per heavy atom. The van der Waals surface area contributed by atoms with Crippen LogP contribution in [0.5, 0.6) is 11.6 Å². The minimum atomic E-state index is -4.70. The van der Waals surface area contributed by atoms with Crippen LogP contribution in [-0.2, 0) is 13.1 Å². The second-order valence-corrected chi connectivity index (χ2v) is 6.50. The molecule has 1 aromatic heterocycles. The highest BCUT2D eigenvalue weighted by molar-refractivity contribution is 5.77. The first-order valence-corrected chi connectivity index (χ1v) is 8.83. The van der Waals surface area contributed by atoms with Crippen LogP contribution in [0.3, 0.4) is 0 Å². The summed E-state index contributed by atoms with van der Waals surface area (Å²) < 4.78 is 45.9. The molecule has 150 valence electrons. The molecule has 0 amide bonds. The number of benzene rings is 1. The molecule has 3 N–H and O–H groups in total. The number of aromatic nitrogens is 1. The van der Waals surface area contributed by atoms with Gasteiger partial charge in [-0.1, -0.05) is 12.1 Å². The smallest absolute Gasteiger partial charge is 0.477 e. The average Bonchev–Trinajstić information content (AvgIpc) is 3.48. The molecule has 1 aliphatic rings. The molecule has 6 nitrogen and oxygen atoms in total. The standard InChI is InChI=1S/C19H21F3N4O2/c20-19(21,22)28-16-5-3-13(4-6-16)10-25-18(23)26-11-15-7-8-24-17(9-15)27-12-14-1-2-14/h3-9,14H,1-2,10-12H2,(H3,23,25,26). The predicted octanol–water partition coefficient (Wildman–Crippen LogP) is 3.37. The van der Waals surface area contributed by atoms with E-state index in [1.807, 2.05) is 12.1 Å². The van der Waals surface area contributed by atoms with Crippen LogP contribution in [0.1, 0.15) is 24.0 Å². The lowest BCUT2D eigenvalue weighted by Crippen LogP contribution is -2.31. The van der Waals surface area contributed by atoms with Crippen LogP contribution in [-0.4, -0.2) is 23.9 Å². The predicted molar refractivity (Wildman–Crippen MR) is 97.7 cm³/mol. The third kappa shape index (κ3) is 6.98. The van der Waals surface area contributed by atoms with Crippen molar-refractivity contribution in [2.45, 2.75) is 32.3 Å². The van der Waals surface area contributed by atoms with Gasteiger partial charge in [0.1, 0.15) is 5.75 Å². The van der Waals surface area contributed by atoms with Crippen molar-refractivity contribution < 1.29 is 22.6 Å². The summed E-state index contributed by atoms with van der Waals surface area (Å²) in [7, 11) is 0. The van der Waals surface area contributed by atoms with E-state index in [1.54, 1.807) is 6.20 Å². The van der Waals surface area contributed by atoms with E-state index in [-0.39, 0.29) is 11.7 Å². The number of hydrogen-bond donors (Lipinski definition) is 2. The summed E-state index contributed by atoms with van der Waals surface area (Å²) in [5, 5.41) is 2.92. The van der Waals surface area contributed by atoms with Gasteiger partial charge in [0.05, 0.1) is 13.2 Å². The summed E-state index contributed by atoms with van der Waals surface area (Å²) in [6.45, 7) is 1.38. The zero-order valence-corrected chi connectivity index (χ0v) is 15.1. The van der Waals surface area contributed by atoms with E-state index >= 15 is 0 Å². The van der Waals surface area contributed by atoms with Gasteiger partial charge in [-0.3, -0.25) is 0 Å². The fourth-order valence-electron chi connectivity index (χ4n) is 2.35. The van der Waals surface area contributed by atoms with E-state index in [0.29, 0.717) is 31.5 Å². The van der Waals surface area contributed by atoms with Gasteiger partial charge in [-0.25, -0.2) is 9.98 Å². The summed E-state index contributed by atoms with van der Waals surface area (Å²) in [5.41, 5.74) is 7.50. The molecule has 9 heteroatoms. The maximum atomic E-state index is 12.1. The van der Waals surface area contributed by atoms with Gasteiger partial charge in [-0.2, -0.15) is 0 Å². The molecule has 1 heterocycles. The molecule has 2 aromatic rings. The summed E-state index contributed by atoms with van der Waals surface area (Å²) >= 11 is 0. The minimum absolute atomic E-state index is 0.230. The molecule has 1 saturated carbocycles. The van der Waals surface area contributed by atoms with Crippen LogP contribution in [0.15, 0.2) is 47.6 Å². The van der Waals surface area contributed by atoms with E-state index < -0.39 is 6.36 Å². The Kier molecular flexibility index (Phi) is 6.23. The van der Waals surface area contributed by atoms with E-state index in [4.69, 9.17) is 10.5 Å². The zero-order chi connectivity index (χ0) is 20.0. The van der Waals surface area contributed by atoms with Gasteiger partial charge in [-0.15, -0.1) is 13.2 Å². The Morgan fingerprint density at radius 2 is 1.93 bits per heavy atom. The topological polar surface area (TPSA) is 81.8 Å². The van der Waals surface area contributed by atoms with Crippen molar-refractivity contribution in [2.75, 3.05) is 6.61 Å². The van der Waals surface area contributed by atoms with Crippen molar-refractivity contribution >= 4 is 5.96 Å². The van der Waals surface area contributed by atoms with Gasteiger partial charge in [0, 0.05) is 18.8 Å². The van der Waals surface area contributed by atoms with Crippen LogP contribution in [0.25, 0.3) is 0 Å². The number of alkyl halides is 3. The molecule has 1 aliphatic carbocycles. The van der Waals surface area contributed by atoms with Gasteiger partial charge in [0.25, 0.3) is 0 Å². The number of nitrogens with zero attached hydrogens (tertiary/aromatic N) is 2. The van der Waals surface area contributed by atoms with Crippen molar-refractivity contribution in [3.8, 4) is 11.6 Å². The van der Waals surface area contributed by atoms with E-state index in [2.05, 4.69) is 20.0 Å². The first-order chi connectivity index (χ1) is 13.4. The minimum Gasteiger partial charge on any atom is -0.477 e. The SMILES string of the molecule is NC(=NCc1ccnc(OCC2CC2)c1)NCc1ccc(OC(F)(F)F)cc1. The molecule has 0 radical (unpaired) electrons. The van der Waals surface area contributed by atoms with Crippen molar-refractivity contribution in [2.24, 2.45) is 16.6 Å². The Labute approximate surface area is 160 Å². The van der Waals surface area contributed by atoms with E-state index in [1.165, 1.54) is 37.1 Å². The molecular weight excluding hydrogens is 373 g/mol. The molecule has 0 spiro atoms. The van der Waals surface area contributed by atoms with E-state index in [9.17, 15) is 13.2 Å². The molecule has 0 saturated heterocycles. The lowest BCUT2D eigenvalue weighted by Gasteiger charge is -2.10. The monoisotopic (exact) mass is 394 g/mol. The lowest BCUT2D eigenvalue weighted by atomic mass is 10.2. The summed E-state index contributed by atoms with van der Waals surface area (Å²) in [6, 6.07) is 9.20. The molecule has 0 atom stereocenters. The maximum Gasteiger partial charge on any atom is 0.573 e. The number of nitrogens with one attached hydrogen (secondary N) is 1. The third-order valence-corrected chi connectivity index (χ3v) is 4.03. The van der Waals surface area contributed by atoms with Crippen molar-refractivity contribution in [3.05, 3.63) is 53.7 Å². The van der Waals surface area contributed by atoms with Gasteiger partial charge in [0.15, 0.2) is 5.96 Å². The third-order valence-electron chi connectivity index (χ3n) is 4.03. The summed E-state index contributed by atoms with van der Waals surface area (Å²) in [5.74, 6) is 1.19. The molecule has 0 aliphatic heterocycles. The fourth-order valence-corrected chi connectivity index (χ4v) is 2.35. The van der Waals surface area contributed by atoms with Gasteiger partial charge in [-0.05, 0) is 48.1 Å². The maximum absolute atomic E-state index is 12.1. The zero-order valence-electron chi connectivity index (χ0n) is 15.1. The molecule has 0 bridgehead atoms. The highest BCUT2D eigenvalue weighted by atomic mass is 19.4. The lowest BCUT2D eigenvalue weighted by molar-refractivity contribution is -0.274. The average molecular weight is 394 g/mol. The van der Waals surface area contributed by atoms with Crippen molar-refractivity contribution in [1.29, 1.82) is 0 Å². The fraction of sp³-hybridized carbons (Fsp3) is 0.368. The van der Waals surface area contributed by atoms with Crippen molar-refractivity contribution in [3.63, 3.8) is 0 Å². The molecule has 28 heavy (non-hydrogen) atoms. The summed E-state index contributed by atoms with van der Waals surface area (Å²) in [4.78, 5) is 8.42. The molecule has 1 aromatic carbocycles. The number of nitrogens with two attached hydrogens (primary N) is 1. The second-order valence-electron chi connectivity index (χ2n) is 6.50. The highest BCUT2D eigenvalue weighted by Gasteiger charge is 2.30. The Hall–Kier alpha value is -2.97. The number of pyridine rings is 1. The summed E-state index contributed by atoms with van der Waals surface area (Å²) in [6.07, 6.45) is -0.609. The number of hydrogen-bond acceptors (Lipinski definition) is 4. The van der Waals surface area contributed by atoms with Crippen LogP contribution in [0, 0.1) is 5.92 Å². The Bertz CT molecular complexity index is 806. The van der Waals surface area contributed by atoms with Crippen LogP contribution in [0.2, 0.25) is 0 Å². The van der Waals surface area contributed by atoms with Crippen molar-refractivity contribution in [1.82, 2.24) is 10.3 Å². The normalized spacial score (nSPS) is 14.6. The Morgan fingerprint density at radius 3 is 2.61 bits per heavy atom. The first kappa shape index (κ1) is 19.8. The number of rotatable bonds is 8. The number of guanidine groups is 1.